The molecule has 0 heterocycles. The summed E-state index contributed by atoms with van der Waals surface area (Å²) in [6.07, 6.45) is -3.31. The predicted molar refractivity (Wildman–Crippen MR) is 92.7 cm³/mol. The Labute approximate surface area is 160 Å². The van der Waals surface area contributed by atoms with Crippen LogP contribution in [0.25, 0.3) is 0 Å². The van der Waals surface area contributed by atoms with Gasteiger partial charge < -0.3 is 42.1 Å². The first-order valence-corrected chi connectivity index (χ1v) is 8.30. The number of aliphatic hydroxyl groups is 2. The van der Waals surface area contributed by atoms with Gasteiger partial charge in [0.05, 0.1) is 24.8 Å². The van der Waals surface area contributed by atoms with Gasteiger partial charge in [0.2, 0.25) is 17.7 Å². The molecule has 160 valence electrons. The van der Waals surface area contributed by atoms with Crippen LogP contribution in [0.15, 0.2) is 0 Å². The molecule has 3 amide bonds. The first kappa shape index (κ1) is 25.2. The highest BCUT2D eigenvalue weighted by molar-refractivity contribution is 5.93. The Hall–Kier alpha value is -2.77. The van der Waals surface area contributed by atoms with E-state index in [-0.39, 0.29) is 12.8 Å². The monoisotopic (exact) mass is 406 g/mol. The normalized spacial score (nSPS) is 16.0. The van der Waals surface area contributed by atoms with Gasteiger partial charge in [-0.3, -0.25) is 19.2 Å². The van der Waals surface area contributed by atoms with Crippen molar-refractivity contribution >= 4 is 29.7 Å². The van der Waals surface area contributed by atoms with Gasteiger partial charge >= 0.3 is 11.9 Å². The summed E-state index contributed by atoms with van der Waals surface area (Å²) in [5.41, 5.74) is 5.52. The van der Waals surface area contributed by atoms with Crippen LogP contribution in [0.3, 0.4) is 0 Å². The lowest BCUT2D eigenvalue weighted by Crippen LogP contribution is -2.57. The van der Waals surface area contributed by atoms with Crippen molar-refractivity contribution in [1.29, 1.82) is 0 Å². The molecule has 13 nitrogen and oxygen atoms in total. The average molecular weight is 406 g/mol. The highest BCUT2D eigenvalue weighted by Gasteiger charge is 2.29. The van der Waals surface area contributed by atoms with Crippen LogP contribution >= 0.6 is 0 Å². The second-order valence-electron chi connectivity index (χ2n) is 6.11. The summed E-state index contributed by atoms with van der Waals surface area (Å²) < 4.78 is 0. The first-order chi connectivity index (χ1) is 12.9. The molecule has 0 aliphatic carbocycles. The topological polar surface area (TPSA) is 228 Å². The van der Waals surface area contributed by atoms with Crippen LogP contribution in [-0.4, -0.2) is 87.0 Å². The third-order valence-corrected chi connectivity index (χ3v) is 3.56. The highest BCUT2D eigenvalue weighted by Crippen LogP contribution is 1.99. The van der Waals surface area contributed by atoms with Gasteiger partial charge in [0, 0.05) is 6.42 Å². The third kappa shape index (κ3) is 9.25. The second kappa shape index (κ2) is 11.8. The third-order valence-electron chi connectivity index (χ3n) is 3.56. The molecule has 0 rings (SSSR count). The second-order valence-corrected chi connectivity index (χ2v) is 6.11. The zero-order valence-electron chi connectivity index (χ0n) is 15.4. The minimum Gasteiger partial charge on any atom is -0.481 e. The molecule has 0 aliphatic heterocycles. The maximum atomic E-state index is 12.1. The number of rotatable bonds is 12. The van der Waals surface area contributed by atoms with Crippen molar-refractivity contribution in [3.63, 3.8) is 0 Å². The highest BCUT2D eigenvalue weighted by atomic mass is 16.4. The van der Waals surface area contributed by atoms with E-state index in [0.717, 1.165) is 6.92 Å². The molecule has 0 radical (unpaired) electrons. The standard InChI is InChI=1S/C15H26N4O9/c1-6(20)11(19-13(25)8(16)3-4-10(23)24)14(26)17-5-9(22)18-12(7(2)21)15(27)28/h6-8,11-12,20-21H,3-5,16H2,1-2H3,(H,17,26)(H,18,22)(H,19,25)(H,23,24)(H,27,28)/t6-,7-,8+,11+,12+/m1/s1. The molecular formula is C15H26N4O9. The van der Waals surface area contributed by atoms with E-state index in [1.165, 1.54) is 6.92 Å². The number of aliphatic hydroxyl groups excluding tert-OH is 2. The summed E-state index contributed by atoms with van der Waals surface area (Å²) in [5, 5.41) is 42.7. The minimum absolute atomic E-state index is 0.187. The van der Waals surface area contributed by atoms with Crippen molar-refractivity contribution in [3.8, 4) is 0 Å². The molecule has 0 aromatic carbocycles. The van der Waals surface area contributed by atoms with Crippen molar-refractivity contribution in [1.82, 2.24) is 16.0 Å². The Morgan fingerprint density at radius 3 is 1.86 bits per heavy atom. The number of hydrogen-bond acceptors (Lipinski definition) is 8. The number of amides is 3. The summed E-state index contributed by atoms with van der Waals surface area (Å²) in [6, 6.07) is -4.29. The van der Waals surface area contributed by atoms with Crippen molar-refractivity contribution < 1.29 is 44.4 Å². The fourth-order valence-corrected chi connectivity index (χ4v) is 1.97. The molecule has 0 aliphatic rings. The van der Waals surface area contributed by atoms with Gasteiger partial charge in [-0.15, -0.1) is 0 Å². The van der Waals surface area contributed by atoms with Crippen LogP contribution < -0.4 is 21.7 Å². The van der Waals surface area contributed by atoms with E-state index in [0.29, 0.717) is 0 Å². The Balaban J connectivity index is 4.74. The lowest BCUT2D eigenvalue weighted by molar-refractivity contribution is -0.144. The number of carbonyl (C=O) groups excluding carboxylic acids is 3. The molecule has 5 atom stereocenters. The lowest BCUT2D eigenvalue weighted by atomic mass is 10.1. The van der Waals surface area contributed by atoms with Gasteiger partial charge in [0.15, 0.2) is 6.04 Å². The van der Waals surface area contributed by atoms with E-state index in [1.54, 1.807) is 0 Å². The predicted octanol–water partition coefficient (Wildman–Crippen LogP) is -3.89. The average Bonchev–Trinajstić information content (AvgIpc) is 2.58. The molecule has 0 unspecified atom stereocenters. The van der Waals surface area contributed by atoms with Crippen molar-refractivity contribution in [3.05, 3.63) is 0 Å². The zero-order valence-corrected chi connectivity index (χ0v) is 15.4. The quantitative estimate of drug-likeness (QED) is 0.157. The summed E-state index contributed by atoms with van der Waals surface area (Å²) in [7, 11) is 0. The van der Waals surface area contributed by atoms with E-state index < -0.39 is 66.5 Å². The molecule has 0 bridgehead atoms. The fourth-order valence-electron chi connectivity index (χ4n) is 1.97. The van der Waals surface area contributed by atoms with Gasteiger partial charge in [-0.25, -0.2) is 4.79 Å². The minimum atomic E-state index is -1.58. The van der Waals surface area contributed by atoms with Crippen molar-refractivity contribution in [2.45, 2.75) is 57.0 Å². The molecule has 13 heteroatoms. The van der Waals surface area contributed by atoms with Crippen LogP contribution in [0, 0.1) is 0 Å². The van der Waals surface area contributed by atoms with Crippen LogP contribution in [0.2, 0.25) is 0 Å². The fraction of sp³-hybridized carbons (Fsp3) is 0.667. The summed E-state index contributed by atoms with van der Waals surface area (Å²) in [4.78, 5) is 57.1. The number of carboxylic acids is 2. The molecule has 0 fully saturated rings. The maximum Gasteiger partial charge on any atom is 0.328 e. The molecule has 9 N–H and O–H groups in total. The van der Waals surface area contributed by atoms with Crippen LogP contribution in [0.5, 0.6) is 0 Å². The number of carbonyl (C=O) groups is 5. The zero-order chi connectivity index (χ0) is 22.0. The van der Waals surface area contributed by atoms with Gasteiger partial charge in [0.25, 0.3) is 0 Å². The van der Waals surface area contributed by atoms with Crippen LogP contribution in [-0.2, 0) is 24.0 Å². The van der Waals surface area contributed by atoms with E-state index in [2.05, 4.69) is 10.6 Å². The van der Waals surface area contributed by atoms with Crippen molar-refractivity contribution in [2.75, 3.05) is 6.54 Å². The van der Waals surface area contributed by atoms with E-state index in [1.807, 2.05) is 5.32 Å². The number of carboxylic acid groups (broad SMARTS) is 2. The number of hydrogen-bond donors (Lipinski definition) is 8. The van der Waals surface area contributed by atoms with E-state index >= 15 is 0 Å². The summed E-state index contributed by atoms with van der Waals surface area (Å²) in [5.74, 6) is -5.37. The number of nitrogens with two attached hydrogens (primary N) is 1. The Morgan fingerprint density at radius 2 is 1.43 bits per heavy atom. The van der Waals surface area contributed by atoms with E-state index in [9.17, 15) is 34.2 Å². The molecule has 0 saturated heterocycles. The SMILES string of the molecule is C[C@@H](O)[C@H](NC(=O)CNC(=O)[C@@H](NC(=O)[C@@H](N)CCC(=O)O)[C@@H](C)O)C(=O)O. The molecule has 28 heavy (non-hydrogen) atoms. The lowest BCUT2D eigenvalue weighted by Gasteiger charge is -2.23. The van der Waals surface area contributed by atoms with Crippen LogP contribution in [0.1, 0.15) is 26.7 Å². The Morgan fingerprint density at radius 1 is 0.893 bits per heavy atom. The van der Waals surface area contributed by atoms with E-state index in [4.69, 9.17) is 15.9 Å². The Kier molecular flexibility index (Phi) is 10.7. The summed E-state index contributed by atoms with van der Waals surface area (Å²) >= 11 is 0. The smallest absolute Gasteiger partial charge is 0.328 e. The Bertz CT molecular complexity index is 594. The number of aliphatic carboxylic acids is 2. The maximum absolute atomic E-state index is 12.1. The molecule has 0 saturated carbocycles. The van der Waals surface area contributed by atoms with Gasteiger partial charge in [-0.2, -0.15) is 0 Å². The molecule has 0 aromatic heterocycles. The largest absolute Gasteiger partial charge is 0.481 e. The summed E-state index contributed by atoms with van der Waals surface area (Å²) in [6.45, 7) is 1.67. The van der Waals surface area contributed by atoms with Gasteiger partial charge in [-0.05, 0) is 20.3 Å². The van der Waals surface area contributed by atoms with Gasteiger partial charge in [-0.1, -0.05) is 0 Å². The molecule has 0 aromatic rings. The van der Waals surface area contributed by atoms with Crippen LogP contribution in [0.4, 0.5) is 0 Å². The van der Waals surface area contributed by atoms with Crippen molar-refractivity contribution in [2.24, 2.45) is 5.73 Å². The first-order valence-electron chi connectivity index (χ1n) is 8.30. The van der Waals surface area contributed by atoms with Gasteiger partial charge in [0.1, 0.15) is 6.04 Å². The molecular weight excluding hydrogens is 380 g/mol. The number of nitrogens with one attached hydrogen (secondary N) is 3. The molecule has 0 spiro atoms.